The van der Waals surface area contributed by atoms with Gasteiger partial charge < -0.3 is 4.74 Å². The zero-order chi connectivity index (χ0) is 11.0. The molecule has 0 saturated carbocycles. The maximum atomic E-state index is 11.3. The minimum Gasteiger partial charge on any atom is -0.386 e. The summed E-state index contributed by atoms with van der Waals surface area (Å²) in [6, 6.07) is 3.56. The number of carbonyl (C=O) groups is 2. The molecule has 0 unspecified atom stereocenters. The molecule has 3 heteroatoms. The molecule has 0 radical (unpaired) electrons. The summed E-state index contributed by atoms with van der Waals surface area (Å²) in [4.78, 5) is 22.6. The molecule has 1 aromatic rings. The highest BCUT2D eigenvalue weighted by Gasteiger charge is 2.30. The number of aryl methyl sites for hydroxylation is 2. The third kappa shape index (κ3) is 1.44. The summed E-state index contributed by atoms with van der Waals surface area (Å²) in [7, 11) is 0. The molecule has 0 aliphatic carbocycles. The molecule has 0 spiro atoms. The molecule has 2 rings (SSSR count). The summed E-state index contributed by atoms with van der Waals surface area (Å²) < 4.78 is 4.55. The van der Waals surface area contributed by atoms with Crippen LogP contribution in [0, 0.1) is 0 Å². The fraction of sp³-hybridized carbons (Fsp3) is 0.333. The Labute approximate surface area is 88.1 Å². The van der Waals surface area contributed by atoms with E-state index in [0.717, 1.165) is 24.0 Å². The van der Waals surface area contributed by atoms with Crippen molar-refractivity contribution in [3.63, 3.8) is 0 Å². The van der Waals surface area contributed by atoms with Crippen LogP contribution in [0.4, 0.5) is 0 Å². The molecule has 78 valence electrons. The van der Waals surface area contributed by atoms with Crippen molar-refractivity contribution in [2.45, 2.75) is 26.7 Å². The van der Waals surface area contributed by atoms with Crippen LogP contribution in [0.2, 0.25) is 0 Å². The predicted molar refractivity (Wildman–Crippen MR) is 54.9 cm³/mol. The molecule has 15 heavy (non-hydrogen) atoms. The fourth-order valence-corrected chi connectivity index (χ4v) is 1.88. The van der Waals surface area contributed by atoms with Crippen LogP contribution in [0.5, 0.6) is 0 Å². The van der Waals surface area contributed by atoms with Gasteiger partial charge in [0.2, 0.25) is 0 Å². The Morgan fingerprint density at radius 1 is 0.933 bits per heavy atom. The Kier molecular flexibility index (Phi) is 2.31. The monoisotopic (exact) mass is 204 g/mol. The summed E-state index contributed by atoms with van der Waals surface area (Å²) in [6.45, 7) is 4.06. The second-order valence-electron chi connectivity index (χ2n) is 3.55. The molecular weight excluding hydrogens is 192 g/mol. The Hall–Kier alpha value is -1.64. The third-order valence-corrected chi connectivity index (χ3v) is 2.73. The zero-order valence-corrected chi connectivity index (χ0v) is 8.79. The van der Waals surface area contributed by atoms with Crippen molar-refractivity contribution in [1.82, 2.24) is 0 Å². The smallest absolute Gasteiger partial charge is 0.346 e. The Bertz CT molecular complexity index is 405. The van der Waals surface area contributed by atoms with Crippen LogP contribution in [0.25, 0.3) is 0 Å². The van der Waals surface area contributed by atoms with Gasteiger partial charge in [-0.2, -0.15) is 0 Å². The Balaban J connectivity index is 2.63. The van der Waals surface area contributed by atoms with E-state index in [-0.39, 0.29) is 0 Å². The van der Waals surface area contributed by atoms with Crippen LogP contribution in [-0.2, 0) is 17.6 Å². The first-order valence-corrected chi connectivity index (χ1v) is 5.09. The number of carbonyl (C=O) groups excluding carboxylic acids is 2. The third-order valence-electron chi connectivity index (χ3n) is 2.73. The van der Waals surface area contributed by atoms with E-state index >= 15 is 0 Å². The Morgan fingerprint density at radius 2 is 1.33 bits per heavy atom. The number of fused-ring (bicyclic) bond motifs is 1. The van der Waals surface area contributed by atoms with Gasteiger partial charge in [-0.05, 0) is 36.1 Å². The Morgan fingerprint density at radius 3 is 1.67 bits per heavy atom. The maximum Gasteiger partial charge on any atom is 0.346 e. The van der Waals surface area contributed by atoms with E-state index in [2.05, 4.69) is 4.74 Å². The quantitative estimate of drug-likeness (QED) is 0.547. The molecule has 0 saturated heterocycles. The molecule has 1 aromatic carbocycles. The summed E-state index contributed by atoms with van der Waals surface area (Å²) in [5.74, 6) is -1.04. The highest BCUT2D eigenvalue weighted by atomic mass is 16.6. The van der Waals surface area contributed by atoms with E-state index < -0.39 is 11.9 Å². The van der Waals surface area contributed by atoms with E-state index in [1.54, 1.807) is 12.1 Å². The van der Waals surface area contributed by atoms with Gasteiger partial charge in [0.25, 0.3) is 0 Å². The van der Waals surface area contributed by atoms with Gasteiger partial charge in [-0.25, -0.2) is 9.59 Å². The van der Waals surface area contributed by atoms with Crippen molar-refractivity contribution < 1.29 is 14.3 Å². The van der Waals surface area contributed by atoms with E-state index in [9.17, 15) is 9.59 Å². The van der Waals surface area contributed by atoms with E-state index in [1.807, 2.05) is 13.8 Å². The van der Waals surface area contributed by atoms with Gasteiger partial charge in [0.15, 0.2) is 0 Å². The number of rotatable bonds is 2. The van der Waals surface area contributed by atoms with Crippen LogP contribution >= 0.6 is 0 Å². The molecular formula is C12H12O3. The number of esters is 2. The van der Waals surface area contributed by atoms with E-state index in [4.69, 9.17) is 0 Å². The lowest BCUT2D eigenvalue weighted by Crippen LogP contribution is -1.98. The van der Waals surface area contributed by atoms with Gasteiger partial charge in [-0.1, -0.05) is 13.8 Å². The van der Waals surface area contributed by atoms with Crippen LogP contribution in [-0.4, -0.2) is 11.9 Å². The lowest BCUT2D eigenvalue weighted by molar-refractivity contribution is 0.0444. The first-order chi connectivity index (χ1) is 7.17. The molecule has 0 N–H and O–H groups in total. The maximum absolute atomic E-state index is 11.3. The molecule has 0 aromatic heterocycles. The van der Waals surface area contributed by atoms with E-state index in [1.165, 1.54) is 0 Å². The van der Waals surface area contributed by atoms with Crippen LogP contribution in [0.3, 0.4) is 0 Å². The number of hydrogen-bond donors (Lipinski definition) is 0. The molecule has 3 nitrogen and oxygen atoms in total. The molecule has 0 atom stereocenters. The van der Waals surface area contributed by atoms with Crippen molar-refractivity contribution in [1.29, 1.82) is 0 Å². The van der Waals surface area contributed by atoms with Crippen molar-refractivity contribution in [2.24, 2.45) is 0 Å². The number of hydrogen-bond acceptors (Lipinski definition) is 3. The SMILES string of the molecule is CCc1cc2c(cc1CC)C(=O)OC2=O. The van der Waals surface area contributed by atoms with Crippen molar-refractivity contribution in [3.05, 3.63) is 34.4 Å². The highest BCUT2D eigenvalue weighted by Crippen LogP contribution is 2.24. The average Bonchev–Trinajstić information content (AvgIpc) is 2.52. The first kappa shape index (κ1) is 9.90. The predicted octanol–water partition coefficient (Wildman–Crippen LogP) is 2.12. The van der Waals surface area contributed by atoms with E-state index in [0.29, 0.717) is 11.1 Å². The summed E-state index contributed by atoms with van der Waals surface area (Å²) in [5, 5.41) is 0. The largest absolute Gasteiger partial charge is 0.386 e. The van der Waals surface area contributed by atoms with Gasteiger partial charge in [-0.15, -0.1) is 0 Å². The normalized spacial score (nSPS) is 14.0. The molecule has 1 heterocycles. The van der Waals surface area contributed by atoms with Gasteiger partial charge in [-0.3, -0.25) is 0 Å². The topological polar surface area (TPSA) is 43.4 Å². The number of ether oxygens (including phenoxy) is 1. The lowest BCUT2D eigenvalue weighted by atomic mass is 9.96. The van der Waals surface area contributed by atoms with Crippen molar-refractivity contribution in [2.75, 3.05) is 0 Å². The molecule has 0 amide bonds. The second kappa shape index (κ2) is 3.50. The van der Waals surface area contributed by atoms with Crippen LogP contribution in [0.15, 0.2) is 12.1 Å². The van der Waals surface area contributed by atoms with Gasteiger partial charge in [0.05, 0.1) is 11.1 Å². The minimum absolute atomic E-state index is 0.411. The fourth-order valence-electron chi connectivity index (χ4n) is 1.88. The number of cyclic esters (lactones) is 2. The standard InChI is InChI=1S/C12H12O3/c1-3-7-5-9-10(6-8(7)4-2)12(14)15-11(9)13/h5-6H,3-4H2,1-2H3. The highest BCUT2D eigenvalue weighted by molar-refractivity contribution is 6.14. The van der Waals surface area contributed by atoms with Gasteiger partial charge in [0, 0.05) is 0 Å². The van der Waals surface area contributed by atoms with Gasteiger partial charge in [0.1, 0.15) is 0 Å². The van der Waals surface area contributed by atoms with Crippen LogP contribution in [0.1, 0.15) is 45.7 Å². The second-order valence-corrected chi connectivity index (χ2v) is 3.55. The number of benzene rings is 1. The summed E-state index contributed by atoms with van der Waals surface area (Å²) in [6.07, 6.45) is 1.72. The molecule has 1 aliphatic rings. The summed E-state index contributed by atoms with van der Waals surface area (Å²) >= 11 is 0. The van der Waals surface area contributed by atoms with Crippen LogP contribution < -0.4 is 0 Å². The minimum atomic E-state index is -0.521. The zero-order valence-electron chi connectivity index (χ0n) is 8.79. The lowest BCUT2D eigenvalue weighted by Gasteiger charge is -2.06. The first-order valence-electron chi connectivity index (χ1n) is 5.09. The molecule has 0 bridgehead atoms. The summed E-state index contributed by atoms with van der Waals surface area (Å²) in [5.41, 5.74) is 3.05. The molecule has 1 aliphatic heterocycles. The molecule has 0 fully saturated rings. The van der Waals surface area contributed by atoms with Crippen molar-refractivity contribution >= 4 is 11.9 Å². The van der Waals surface area contributed by atoms with Gasteiger partial charge >= 0.3 is 11.9 Å². The van der Waals surface area contributed by atoms with Crippen molar-refractivity contribution in [3.8, 4) is 0 Å². The average molecular weight is 204 g/mol.